The summed E-state index contributed by atoms with van der Waals surface area (Å²) in [7, 11) is -2.58. The molecular formula is C13H15N3O4S. The Morgan fingerprint density at radius 3 is 2.81 bits per heavy atom. The highest BCUT2D eigenvalue weighted by molar-refractivity contribution is 7.89. The fourth-order valence-electron chi connectivity index (χ4n) is 1.80. The van der Waals surface area contributed by atoms with Gasteiger partial charge in [0.2, 0.25) is 10.0 Å². The van der Waals surface area contributed by atoms with Crippen LogP contribution in [-0.4, -0.2) is 38.0 Å². The highest BCUT2D eigenvalue weighted by Crippen LogP contribution is 2.16. The van der Waals surface area contributed by atoms with Gasteiger partial charge in [0.25, 0.3) is 0 Å². The van der Waals surface area contributed by atoms with E-state index in [0.717, 1.165) is 5.69 Å². The fourth-order valence-corrected chi connectivity index (χ4v) is 3.02. The van der Waals surface area contributed by atoms with Crippen LogP contribution in [0.1, 0.15) is 16.1 Å². The number of methoxy groups -OCH3 is 1. The van der Waals surface area contributed by atoms with E-state index < -0.39 is 16.0 Å². The summed E-state index contributed by atoms with van der Waals surface area (Å²) in [6.07, 6.45) is 3.62. The number of H-pyrrole nitrogens is 1. The number of carbonyl (C=O) groups excluding carboxylic acids is 1. The quantitative estimate of drug-likeness (QED) is 0.766. The number of sulfonamides is 1. The second-order valence-electron chi connectivity index (χ2n) is 4.21. The van der Waals surface area contributed by atoms with E-state index in [4.69, 9.17) is 0 Å². The van der Waals surface area contributed by atoms with Crippen LogP contribution in [0.4, 0.5) is 0 Å². The van der Waals surface area contributed by atoms with E-state index in [2.05, 4.69) is 19.4 Å². The molecule has 112 valence electrons. The smallest absolute Gasteiger partial charge is 0.339 e. The number of nitrogens with zero attached hydrogens (tertiary/aromatic N) is 1. The van der Waals surface area contributed by atoms with E-state index >= 15 is 0 Å². The van der Waals surface area contributed by atoms with E-state index in [1.807, 2.05) is 0 Å². The molecule has 0 fully saturated rings. The van der Waals surface area contributed by atoms with Gasteiger partial charge in [-0.05, 0) is 12.1 Å². The molecule has 0 saturated heterocycles. The minimum Gasteiger partial charge on any atom is -0.465 e. The molecule has 0 aliphatic carbocycles. The number of imidazole rings is 1. The van der Waals surface area contributed by atoms with Crippen LogP contribution in [0.5, 0.6) is 0 Å². The molecular weight excluding hydrogens is 294 g/mol. The molecule has 0 spiro atoms. The molecule has 0 atom stereocenters. The van der Waals surface area contributed by atoms with Gasteiger partial charge in [-0.2, -0.15) is 0 Å². The van der Waals surface area contributed by atoms with Gasteiger partial charge >= 0.3 is 5.97 Å². The van der Waals surface area contributed by atoms with Crippen LogP contribution < -0.4 is 4.72 Å². The predicted molar refractivity (Wildman–Crippen MR) is 75.3 cm³/mol. The Hall–Kier alpha value is -2.19. The molecule has 8 heteroatoms. The van der Waals surface area contributed by atoms with E-state index in [1.54, 1.807) is 18.3 Å². The summed E-state index contributed by atoms with van der Waals surface area (Å²) in [5.74, 6) is -0.690. The number of carbonyl (C=O) groups is 1. The van der Waals surface area contributed by atoms with Crippen LogP contribution >= 0.6 is 0 Å². The Bertz CT molecular complexity index is 711. The number of rotatable bonds is 6. The van der Waals surface area contributed by atoms with Crippen molar-refractivity contribution in [2.75, 3.05) is 13.7 Å². The fraction of sp³-hybridized carbons (Fsp3) is 0.231. The van der Waals surface area contributed by atoms with Gasteiger partial charge in [-0.15, -0.1) is 0 Å². The Labute approximate surface area is 122 Å². The zero-order valence-corrected chi connectivity index (χ0v) is 12.2. The van der Waals surface area contributed by atoms with Crippen LogP contribution in [-0.2, 0) is 21.2 Å². The lowest BCUT2D eigenvalue weighted by molar-refractivity contribution is 0.0596. The normalized spacial score (nSPS) is 11.3. The Kier molecular flexibility index (Phi) is 4.71. The average Bonchev–Trinajstić information content (AvgIpc) is 2.99. The Morgan fingerprint density at radius 1 is 1.38 bits per heavy atom. The summed E-state index contributed by atoms with van der Waals surface area (Å²) >= 11 is 0. The van der Waals surface area contributed by atoms with Crippen molar-refractivity contribution in [2.45, 2.75) is 11.3 Å². The summed E-state index contributed by atoms with van der Waals surface area (Å²) in [5, 5.41) is 0. The number of aromatic nitrogens is 2. The maximum Gasteiger partial charge on any atom is 0.339 e. The molecule has 21 heavy (non-hydrogen) atoms. The number of benzene rings is 1. The summed E-state index contributed by atoms with van der Waals surface area (Å²) in [4.78, 5) is 18.2. The first-order valence-electron chi connectivity index (χ1n) is 6.19. The monoisotopic (exact) mass is 309 g/mol. The molecule has 1 aromatic heterocycles. The topological polar surface area (TPSA) is 101 Å². The largest absolute Gasteiger partial charge is 0.465 e. The standard InChI is InChI=1S/C13H15N3O4S/c1-20-13(17)11-4-2-3-5-12(11)21(18,19)16-7-6-10-8-14-9-15-10/h2-5,8-9,16H,6-7H2,1H3,(H,14,15). The van der Waals surface area contributed by atoms with Crippen molar-refractivity contribution in [3.05, 3.63) is 48.0 Å². The molecule has 0 saturated carbocycles. The second kappa shape index (κ2) is 6.51. The van der Waals surface area contributed by atoms with E-state index in [1.165, 1.54) is 25.6 Å². The molecule has 0 aliphatic heterocycles. The number of aromatic amines is 1. The van der Waals surface area contributed by atoms with E-state index in [9.17, 15) is 13.2 Å². The molecule has 1 aromatic carbocycles. The van der Waals surface area contributed by atoms with Crippen molar-refractivity contribution in [3.63, 3.8) is 0 Å². The Morgan fingerprint density at radius 2 is 2.14 bits per heavy atom. The molecule has 0 aliphatic rings. The van der Waals surface area contributed by atoms with Crippen molar-refractivity contribution in [3.8, 4) is 0 Å². The molecule has 0 amide bonds. The van der Waals surface area contributed by atoms with E-state index in [0.29, 0.717) is 6.42 Å². The third-order valence-electron chi connectivity index (χ3n) is 2.82. The molecule has 1 heterocycles. The first-order valence-corrected chi connectivity index (χ1v) is 7.67. The van der Waals surface area contributed by atoms with Gasteiger partial charge in [-0.1, -0.05) is 12.1 Å². The molecule has 0 radical (unpaired) electrons. The minimum atomic E-state index is -3.78. The maximum absolute atomic E-state index is 12.3. The van der Waals surface area contributed by atoms with Crippen molar-refractivity contribution in [1.29, 1.82) is 0 Å². The zero-order valence-electron chi connectivity index (χ0n) is 11.4. The molecule has 0 bridgehead atoms. The summed E-state index contributed by atoms with van der Waals surface area (Å²) in [6.45, 7) is 0.194. The number of ether oxygens (including phenoxy) is 1. The first-order chi connectivity index (χ1) is 10.0. The third-order valence-corrected chi connectivity index (χ3v) is 4.34. The number of hydrogen-bond donors (Lipinski definition) is 2. The van der Waals surface area contributed by atoms with Crippen molar-refractivity contribution in [2.24, 2.45) is 0 Å². The van der Waals surface area contributed by atoms with Gasteiger partial charge in [0, 0.05) is 24.9 Å². The molecule has 2 aromatic rings. The second-order valence-corrected chi connectivity index (χ2v) is 5.95. The van der Waals surface area contributed by atoms with Crippen LogP contribution in [0.2, 0.25) is 0 Å². The van der Waals surface area contributed by atoms with Gasteiger partial charge in [0.05, 0.1) is 23.9 Å². The van der Waals surface area contributed by atoms with Gasteiger partial charge in [-0.3, -0.25) is 0 Å². The Balaban J connectivity index is 2.14. The van der Waals surface area contributed by atoms with Crippen molar-refractivity contribution >= 4 is 16.0 Å². The number of esters is 1. The SMILES string of the molecule is COC(=O)c1ccccc1S(=O)(=O)NCCc1cnc[nH]1. The first kappa shape index (κ1) is 15.2. The highest BCUT2D eigenvalue weighted by Gasteiger charge is 2.22. The minimum absolute atomic E-state index is 0.00837. The third kappa shape index (κ3) is 3.67. The van der Waals surface area contributed by atoms with Gasteiger partial charge in [0.1, 0.15) is 0 Å². The molecule has 7 nitrogen and oxygen atoms in total. The lowest BCUT2D eigenvalue weighted by atomic mass is 10.2. The van der Waals surface area contributed by atoms with Gasteiger partial charge < -0.3 is 9.72 Å². The average molecular weight is 309 g/mol. The molecule has 0 unspecified atom stereocenters. The number of hydrogen-bond acceptors (Lipinski definition) is 5. The lowest BCUT2D eigenvalue weighted by Gasteiger charge is -2.09. The van der Waals surface area contributed by atoms with Crippen LogP contribution in [0.15, 0.2) is 41.7 Å². The maximum atomic E-state index is 12.3. The highest BCUT2D eigenvalue weighted by atomic mass is 32.2. The lowest BCUT2D eigenvalue weighted by Crippen LogP contribution is -2.27. The van der Waals surface area contributed by atoms with Crippen LogP contribution in [0.25, 0.3) is 0 Å². The zero-order chi connectivity index (χ0) is 15.3. The molecule has 2 N–H and O–H groups in total. The van der Waals surface area contributed by atoms with Gasteiger partial charge in [-0.25, -0.2) is 22.9 Å². The van der Waals surface area contributed by atoms with Crippen LogP contribution in [0.3, 0.4) is 0 Å². The van der Waals surface area contributed by atoms with Gasteiger partial charge in [0.15, 0.2) is 0 Å². The molecule has 2 rings (SSSR count). The van der Waals surface area contributed by atoms with Crippen molar-refractivity contribution in [1.82, 2.24) is 14.7 Å². The van der Waals surface area contributed by atoms with E-state index in [-0.39, 0.29) is 17.0 Å². The predicted octanol–water partition coefficient (Wildman–Crippen LogP) is 0.717. The summed E-state index contributed by atoms with van der Waals surface area (Å²) in [6, 6.07) is 5.91. The van der Waals surface area contributed by atoms with Crippen LogP contribution in [0, 0.1) is 0 Å². The summed E-state index contributed by atoms with van der Waals surface area (Å²) in [5.41, 5.74) is 0.827. The van der Waals surface area contributed by atoms with Crippen molar-refractivity contribution < 1.29 is 17.9 Å². The summed E-state index contributed by atoms with van der Waals surface area (Å²) < 4.78 is 31.6. The number of nitrogens with one attached hydrogen (secondary N) is 2.